The van der Waals surface area contributed by atoms with E-state index < -0.39 is 0 Å². The van der Waals surface area contributed by atoms with E-state index in [-0.39, 0.29) is 11.9 Å². The maximum absolute atomic E-state index is 12.9. The number of aryl methyl sites for hydroxylation is 1. The summed E-state index contributed by atoms with van der Waals surface area (Å²) in [5, 5.41) is 4.12. The Morgan fingerprint density at radius 3 is 2.72 bits per heavy atom. The van der Waals surface area contributed by atoms with E-state index in [1.807, 2.05) is 0 Å². The van der Waals surface area contributed by atoms with Crippen LogP contribution in [0, 0.1) is 5.82 Å². The number of rotatable bonds is 5. The number of halogens is 1. The van der Waals surface area contributed by atoms with E-state index in [1.54, 1.807) is 12.1 Å². The second kappa shape index (κ2) is 5.99. The normalized spacial score (nSPS) is 12.6. The molecular formula is C12H15FN4S. The molecule has 1 aromatic heterocycles. The van der Waals surface area contributed by atoms with Gasteiger partial charge in [-0.3, -0.25) is 5.84 Å². The molecule has 0 saturated carbocycles. The molecule has 0 aliphatic heterocycles. The first-order chi connectivity index (χ1) is 8.76. The first kappa shape index (κ1) is 13.1. The number of nitrogens with zero attached hydrogens (tertiary/aromatic N) is 2. The fraction of sp³-hybridized carbons (Fsp3) is 0.333. The van der Waals surface area contributed by atoms with E-state index in [4.69, 9.17) is 5.84 Å². The van der Waals surface area contributed by atoms with Crippen LogP contribution in [0.1, 0.15) is 35.5 Å². The van der Waals surface area contributed by atoms with Crippen LogP contribution >= 0.6 is 11.5 Å². The lowest BCUT2D eigenvalue weighted by Crippen LogP contribution is -2.29. The summed E-state index contributed by atoms with van der Waals surface area (Å²) >= 11 is 1.32. The number of hydrogen-bond acceptors (Lipinski definition) is 5. The van der Waals surface area contributed by atoms with Gasteiger partial charge in [0.15, 0.2) is 0 Å². The molecule has 4 nitrogen and oxygen atoms in total. The maximum Gasteiger partial charge on any atom is 0.123 e. The molecule has 1 unspecified atom stereocenters. The topological polar surface area (TPSA) is 63.8 Å². The quantitative estimate of drug-likeness (QED) is 0.643. The molecule has 0 bridgehead atoms. The van der Waals surface area contributed by atoms with Crippen LogP contribution in [0.3, 0.4) is 0 Å². The minimum atomic E-state index is -0.259. The van der Waals surface area contributed by atoms with Crippen LogP contribution in [0.4, 0.5) is 4.39 Å². The largest absolute Gasteiger partial charge is 0.271 e. The summed E-state index contributed by atoms with van der Waals surface area (Å²) in [6.45, 7) is 2.09. The first-order valence-electron chi connectivity index (χ1n) is 5.79. The lowest BCUT2D eigenvalue weighted by Gasteiger charge is -2.15. The molecule has 1 atom stereocenters. The molecule has 96 valence electrons. The van der Waals surface area contributed by atoms with Crippen LogP contribution in [0.5, 0.6) is 0 Å². The van der Waals surface area contributed by atoms with Gasteiger partial charge in [-0.15, -0.1) is 5.10 Å². The number of hydrogen-bond donors (Lipinski definition) is 2. The van der Waals surface area contributed by atoms with Gasteiger partial charge in [0.05, 0.1) is 16.6 Å². The summed E-state index contributed by atoms with van der Waals surface area (Å²) in [5.74, 6) is 5.35. The van der Waals surface area contributed by atoms with Crippen molar-refractivity contribution in [3.63, 3.8) is 0 Å². The molecule has 2 rings (SSSR count). The van der Waals surface area contributed by atoms with Crippen LogP contribution in [0.15, 0.2) is 24.3 Å². The molecule has 0 spiro atoms. The van der Waals surface area contributed by atoms with Crippen molar-refractivity contribution in [3.05, 3.63) is 46.2 Å². The molecule has 0 amide bonds. The summed E-state index contributed by atoms with van der Waals surface area (Å²) in [4.78, 5) is 0.992. The average Bonchev–Trinajstić information content (AvgIpc) is 2.82. The standard InChI is InChI=1S/C12H15FN4S/c1-2-3-10-12(18-17-16-10)11(15-14)8-4-6-9(13)7-5-8/h4-7,11,15H,2-3,14H2,1H3. The third-order valence-electron chi connectivity index (χ3n) is 2.70. The fourth-order valence-corrected chi connectivity index (χ4v) is 2.61. The van der Waals surface area contributed by atoms with Gasteiger partial charge in [-0.1, -0.05) is 30.0 Å². The minimum absolute atomic E-state index is 0.188. The minimum Gasteiger partial charge on any atom is -0.271 e. The highest BCUT2D eigenvalue weighted by molar-refractivity contribution is 7.05. The first-order valence-corrected chi connectivity index (χ1v) is 6.56. The highest BCUT2D eigenvalue weighted by Gasteiger charge is 2.19. The van der Waals surface area contributed by atoms with E-state index in [2.05, 4.69) is 21.9 Å². The molecule has 6 heteroatoms. The maximum atomic E-state index is 12.9. The van der Waals surface area contributed by atoms with Crippen molar-refractivity contribution in [2.45, 2.75) is 25.8 Å². The van der Waals surface area contributed by atoms with Gasteiger partial charge < -0.3 is 0 Å². The second-order valence-corrected chi connectivity index (χ2v) is 4.77. The van der Waals surface area contributed by atoms with Crippen LogP contribution in [-0.4, -0.2) is 9.59 Å². The summed E-state index contributed by atoms with van der Waals surface area (Å²) in [6.07, 6.45) is 1.87. The van der Waals surface area contributed by atoms with Crippen molar-refractivity contribution < 1.29 is 4.39 Å². The molecule has 18 heavy (non-hydrogen) atoms. The molecule has 0 aliphatic carbocycles. The summed E-state index contributed by atoms with van der Waals surface area (Å²) < 4.78 is 16.9. The van der Waals surface area contributed by atoms with Crippen molar-refractivity contribution in [1.82, 2.24) is 15.0 Å². The molecule has 0 aliphatic rings. The van der Waals surface area contributed by atoms with Gasteiger partial charge in [-0.2, -0.15) is 0 Å². The second-order valence-electron chi connectivity index (χ2n) is 3.99. The van der Waals surface area contributed by atoms with Crippen molar-refractivity contribution in [2.24, 2.45) is 5.84 Å². The molecule has 2 aromatic rings. The fourth-order valence-electron chi connectivity index (χ4n) is 1.82. The number of nitrogens with one attached hydrogen (secondary N) is 1. The van der Waals surface area contributed by atoms with E-state index >= 15 is 0 Å². The monoisotopic (exact) mass is 266 g/mol. The van der Waals surface area contributed by atoms with E-state index in [1.165, 1.54) is 23.7 Å². The number of hydrazine groups is 1. The zero-order valence-electron chi connectivity index (χ0n) is 10.1. The Balaban J connectivity index is 2.32. The van der Waals surface area contributed by atoms with Crippen LogP contribution in [0.25, 0.3) is 0 Å². The third-order valence-corrected chi connectivity index (χ3v) is 3.54. The van der Waals surface area contributed by atoms with Crippen molar-refractivity contribution in [1.29, 1.82) is 0 Å². The van der Waals surface area contributed by atoms with Gasteiger partial charge in [0.25, 0.3) is 0 Å². The molecule has 3 N–H and O–H groups in total. The molecule has 0 radical (unpaired) electrons. The van der Waals surface area contributed by atoms with E-state index in [0.29, 0.717) is 0 Å². The zero-order chi connectivity index (χ0) is 13.0. The molecule has 0 saturated heterocycles. The zero-order valence-corrected chi connectivity index (χ0v) is 10.9. The Bertz CT molecular complexity index is 497. The Hall–Kier alpha value is -1.37. The molecule has 1 heterocycles. The van der Waals surface area contributed by atoms with Gasteiger partial charge >= 0.3 is 0 Å². The van der Waals surface area contributed by atoms with E-state index in [0.717, 1.165) is 29.0 Å². The highest BCUT2D eigenvalue weighted by Crippen LogP contribution is 2.27. The Morgan fingerprint density at radius 1 is 1.39 bits per heavy atom. The third kappa shape index (κ3) is 2.72. The summed E-state index contributed by atoms with van der Waals surface area (Å²) in [5.41, 5.74) is 4.61. The van der Waals surface area contributed by atoms with E-state index in [9.17, 15) is 4.39 Å². The summed E-state index contributed by atoms with van der Waals surface area (Å²) in [7, 11) is 0. The number of benzene rings is 1. The Morgan fingerprint density at radius 2 is 2.11 bits per heavy atom. The van der Waals surface area contributed by atoms with Gasteiger partial charge in [-0.25, -0.2) is 9.82 Å². The van der Waals surface area contributed by atoms with Crippen molar-refractivity contribution >= 4 is 11.5 Å². The van der Waals surface area contributed by atoms with Crippen LogP contribution in [0.2, 0.25) is 0 Å². The predicted octanol–water partition coefficient (Wildman–Crippen LogP) is 2.18. The lowest BCUT2D eigenvalue weighted by atomic mass is 10.0. The van der Waals surface area contributed by atoms with Crippen molar-refractivity contribution in [2.75, 3.05) is 0 Å². The van der Waals surface area contributed by atoms with Gasteiger partial charge in [-0.05, 0) is 35.6 Å². The Kier molecular flexibility index (Phi) is 4.35. The van der Waals surface area contributed by atoms with Gasteiger partial charge in [0, 0.05) is 0 Å². The lowest BCUT2D eigenvalue weighted by molar-refractivity contribution is 0.616. The molecular weight excluding hydrogens is 251 g/mol. The average molecular weight is 266 g/mol. The van der Waals surface area contributed by atoms with Gasteiger partial charge in [0.2, 0.25) is 0 Å². The molecule has 1 aromatic carbocycles. The SMILES string of the molecule is CCCc1nnsc1C(NN)c1ccc(F)cc1. The van der Waals surface area contributed by atoms with Crippen LogP contribution < -0.4 is 11.3 Å². The smallest absolute Gasteiger partial charge is 0.123 e. The summed E-state index contributed by atoms with van der Waals surface area (Å²) in [6, 6.07) is 6.10. The van der Waals surface area contributed by atoms with Crippen molar-refractivity contribution in [3.8, 4) is 0 Å². The molecule has 0 fully saturated rings. The Labute approximate surface area is 109 Å². The number of nitrogens with two attached hydrogens (primary N) is 1. The predicted molar refractivity (Wildman–Crippen MR) is 69.5 cm³/mol. The van der Waals surface area contributed by atoms with Gasteiger partial charge in [0.1, 0.15) is 5.82 Å². The van der Waals surface area contributed by atoms with Crippen LogP contribution in [-0.2, 0) is 6.42 Å². The highest BCUT2D eigenvalue weighted by atomic mass is 32.1. The number of aromatic nitrogens is 2.